The van der Waals surface area contributed by atoms with E-state index >= 15 is 0 Å². The van der Waals surface area contributed by atoms with Gasteiger partial charge in [0.05, 0.1) is 0 Å². The van der Waals surface area contributed by atoms with Crippen LogP contribution in [0.2, 0.25) is 0 Å². The third-order valence-corrected chi connectivity index (χ3v) is 1.04. The van der Waals surface area contributed by atoms with Gasteiger partial charge < -0.3 is 4.74 Å². The summed E-state index contributed by atoms with van der Waals surface area (Å²) in [5, 5.41) is 4.05. The average molecular weight is 100 g/mol. The Morgan fingerprint density at radius 3 is 3.29 bits per heavy atom. The molecule has 0 spiro atoms. The molecular formula is C5H10NO. The normalized spacial score (nSPS) is 24.0. The molecule has 1 radical (unpaired) electrons. The second kappa shape index (κ2) is 2.99. The fourth-order valence-electron chi connectivity index (χ4n) is 0.621. The van der Waals surface area contributed by atoms with E-state index < -0.39 is 0 Å². The van der Waals surface area contributed by atoms with Crippen molar-refractivity contribution in [3.8, 4) is 0 Å². The van der Waals surface area contributed by atoms with Crippen molar-refractivity contribution < 1.29 is 4.74 Å². The Labute approximate surface area is 43.9 Å². The predicted octanol–water partition coefficient (Wildman–Crippen LogP) is 0.359. The van der Waals surface area contributed by atoms with Gasteiger partial charge in [-0.15, -0.1) is 0 Å². The largest absolute Gasteiger partial charge is 0.365 e. The molecule has 2 heteroatoms. The van der Waals surface area contributed by atoms with Gasteiger partial charge in [0.15, 0.2) is 0 Å². The van der Waals surface area contributed by atoms with Gasteiger partial charge in [-0.25, -0.2) is 5.32 Å². The van der Waals surface area contributed by atoms with E-state index in [0.29, 0.717) is 6.73 Å². The first-order valence-corrected chi connectivity index (χ1v) is 2.71. The quantitative estimate of drug-likeness (QED) is 0.431. The maximum atomic E-state index is 5.03. The van der Waals surface area contributed by atoms with Crippen LogP contribution in [0.25, 0.3) is 0 Å². The van der Waals surface area contributed by atoms with E-state index in [2.05, 4.69) is 5.32 Å². The molecular weight excluding hydrogens is 90.1 g/mol. The molecule has 0 amide bonds. The molecule has 7 heavy (non-hydrogen) atoms. The molecule has 0 aromatic carbocycles. The van der Waals surface area contributed by atoms with Crippen molar-refractivity contribution in [3.05, 3.63) is 0 Å². The molecule has 1 heterocycles. The molecule has 41 valence electrons. The summed E-state index contributed by atoms with van der Waals surface area (Å²) in [7, 11) is 0. The highest BCUT2D eigenvalue weighted by Crippen LogP contribution is 1.92. The topological polar surface area (TPSA) is 23.3 Å². The first-order valence-electron chi connectivity index (χ1n) is 2.71. The van der Waals surface area contributed by atoms with Crippen LogP contribution in [-0.2, 0) is 4.74 Å². The molecule has 1 rings (SSSR count). The van der Waals surface area contributed by atoms with Gasteiger partial charge in [-0.3, -0.25) is 0 Å². The Balaban J connectivity index is 2.04. The van der Waals surface area contributed by atoms with Crippen LogP contribution in [0.3, 0.4) is 0 Å². The fraction of sp³-hybridized carbons (Fsp3) is 1.00. The summed E-state index contributed by atoms with van der Waals surface area (Å²) in [4.78, 5) is 0. The smallest absolute Gasteiger partial charge is 0.112 e. The minimum Gasteiger partial charge on any atom is -0.365 e. The summed E-state index contributed by atoms with van der Waals surface area (Å²) in [5.74, 6) is 0. The Kier molecular flexibility index (Phi) is 2.17. The molecule has 0 N–H and O–H groups in total. The van der Waals surface area contributed by atoms with Crippen LogP contribution in [0.5, 0.6) is 0 Å². The first kappa shape index (κ1) is 5.06. The summed E-state index contributed by atoms with van der Waals surface area (Å²) < 4.78 is 5.03. The molecule has 1 fully saturated rings. The minimum absolute atomic E-state index is 0.625. The summed E-state index contributed by atoms with van der Waals surface area (Å²) in [6.45, 7) is 2.53. The van der Waals surface area contributed by atoms with Gasteiger partial charge in [-0.1, -0.05) is 0 Å². The van der Waals surface area contributed by atoms with E-state index in [0.717, 1.165) is 13.2 Å². The van der Waals surface area contributed by atoms with Gasteiger partial charge in [-0.05, 0) is 12.8 Å². The summed E-state index contributed by atoms with van der Waals surface area (Å²) in [6, 6.07) is 0. The lowest BCUT2D eigenvalue weighted by Gasteiger charge is -1.91. The Hall–Kier alpha value is -0.0800. The molecule has 1 aliphatic heterocycles. The summed E-state index contributed by atoms with van der Waals surface area (Å²) in [5.41, 5.74) is 0. The lowest BCUT2D eigenvalue weighted by molar-refractivity contribution is 0.130. The Morgan fingerprint density at radius 2 is 2.29 bits per heavy atom. The highest BCUT2D eigenvalue weighted by atomic mass is 16.5. The van der Waals surface area contributed by atoms with Crippen molar-refractivity contribution in [2.45, 2.75) is 12.8 Å². The maximum Gasteiger partial charge on any atom is 0.112 e. The van der Waals surface area contributed by atoms with E-state index in [4.69, 9.17) is 4.74 Å². The van der Waals surface area contributed by atoms with Crippen molar-refractivity contribution in [3.63, 3.8) is 0 Å². The summed E-state index contributed by atoms with van der Waals surface area (Å²) >= 11 is 0. The van der Waals surface area contributed by atoms with Gasteiger partial charge in [0.1, 0.15) is 6.73 Å². The fourth-order valence-corrected chi connectivity index (χ4v) is 0.621. The first-order chi connectivity index (χ1) is 3.50. The average Bonchev–Trinajstić information content (AvgIpc) is 1.90. The van der Waals surface area contributed by atoms with E-state index in [9.17, 15) is 0 Å². The zero-order valence-electron chi connectivity index (χ0n) is 4.39. The number of hydrogen-bond donors (Lipinski definition) is 0. The van der Waals surface area contributed by atoms with Crippen LogP contribution in [0, 0.1) is 0 Å². The molecule has 0 bridgehead atoms. The van der Waals surface area contributed by atoms with Gasteiger partial charge in [0.2, 0.25) is 0 Å². The molecule has 2 nitrogen and oxygen atoms in total. The van der Waals surface area contributed by atoms with Crippen molar-refractivity contribution in [1.29, 1.82) is 0 Å². The zero-order valence-corrected chi connectivity index (χ0v) is 4.39. The van der Waals surface area contributed by atoms with E-state index in [1.54, 1.807) is 0 Å². The van der Waals surface area contributed by atoms with Gasteiger partial charge in [-0.2, -0.15) is 0 Å². The van der Waals surface area contributed by atoms with Crippen molar-refractivity contribution in [2.24, 2.45) is 0 Å². The lowest BCUT2D eigenvalue weighted by Crippen LogP contribution is -2.06. The Bertz CT molecular complexity index is 27.7. The standard InChI is InChI=1S/C5H10NO/c1-2-4-7-5-6-3-1/h1-5H2. The molecule has 0 saturated carbocycles. The van der Waals surface area contributed by atoms with Crippen molar-refractivity contribution in [2.75, 3.05) is 19.9 Å². The monoisotopic (exact) mass is 100 g/mol. The highest BCUT2D eigenvalue weighted by Gasteiger charge is 1.94. The van der Waals surface area contributed by atoms with Gasteiger partial charge in [0.25, 0.3) is 0 Å². The second-order valence-electron chi connectivity index (χ2n) is 1.69. The molecule has 0 atom stereocenters. The zero-order chi connectivity index (χ0) is 4.95. The molecule has 0 aromatic heterocycles. The van der Waals surface area contributed by atoms with Gasteiger partial charge in [0, 0.05) is 13.2 Å². The van der Waals surface area contributed by atoms with Crippen LogP contribution in [0.15, 0.2) is 0 Å². The second-order valence-corrected chi connectivity index (χ2v) is 1.69. The molecule has 1 aliphatic rings. The maximum absolute atomic E-state index is 5.03. The van der Waals surface area contributed by atoms with Crippen LogP contribution in [0.1, 0.15) is 12.8 Å². The Morgan fingerprint density at radius 1 is 1.29 bits per heavy atom. The third kappa shape index (κ3) is 1.90. The van der Waals surface area contributed by atoms with Crippen LogP contribution in [0.4, 0.5) is 0 Å². The molecule has 1 saturated heterocycles. The van der Waals surface area contributed by atoms with Crippen LogP contribution < -0.4 is 5.32 Å². The van der Waals surface area contributed by atoms with Crippen molar-refractivity contribution in [1.82, 2.24) is 5.32 Å². The minimum atomic E-state index is 0.625. The number of ether oxygens (including phenoxy) is 1. The molecule has 0 unspecified atom stereocenters. The lowest BCUT2D eigenvalue weighted by atomic mass is 10.3. The number of nitrogens with zero attached hydrogens (tertiary/aromatic N) is 1. The summed E-state index contributed by atoms with van der Waals surface area (Å²) in [6.07, 6.45) is 2.39. The highest BCUT2D eigenvalue weighted by molar-refractivity contribution is 4.46. The van der Waals surface area contributed by atoms with Gasteiger partial charge >= 0.3 is 0 Å². The van der Waals surface area contributed by atoms with Crippen molar-refractivity contribution >= 4 is 0 Å². The third-order valence-electron chi connectivity index (χ3n) is 1.04. The SMILES string of the molecule is C1CCOC[N]C1. The molecule has 0 aliphatic carbocycles. The molecule has 0 aromatic rings. The van der Waals surface area contributed by atoms with Crippen LogP contribution >= 0.6 is 0 Å². The number of rotatable bonds is 0. The van der Waals surface area contributed by atoms with Crippen LogP contribution in [-0.4, -0.2) is 19.9 Å². The number of hydrogen-bond acceptors (Lipinski definition) is 1. The predicted molar refractivity (Wildman–Crippen MR) is 27.1 cm³/mol. The van der Waals surface area contributed by atoms with E-state index in [1.807, 2.05) is 0 Å². The van der Waals surface area contributed by atoms with E-state index in [-0.39, 0.29) is 0 Å². The van der Waals surface area contributed by atoms with E-state index in [1.165, 1.54) is 12.8 Å².